The summed E-state index contributed by atoms with van der Waals surface area (Å²) in [5.74, 6) is 0. The Labute approximate surface area is 60.7 Å². The number of nitrogens with zero attached hydrogens (tertiary/aromatic N) is 2. The van der Waals surface area contributed by atoms with Crippen molar-refractivity contribution in [1.82, 2.24) is 20.1 Å². The largest absolute Gasteiger partial charge is 0.351 e. The maximum absolute atomic E-state index is 10.1. The van der Waals surface area contributed by atoms with E-state index < -0.39 is 6.03 Å². The predicted octanol–water partition coefficient (Wildman–Crippen LogP) is -0.520. The first-order valence-corrected chi connectivity index (χ1v) is 3.19. The summed E-state index contributed by atoms with van der Waals surface area (Å²) in [6.45, 7) is 0. The number of H-pyrrole nitrogens is 1. The minimum Gasteiger partial charge on any atom is -0.351 e. The van der Waals surface area contributed by atoms with Crippen LogP contribution in [0.15, 0.2) is 11.2 Å². The normalized spacial score (nSPS) is 9.20. The molecule has 1 heterocycles. The van der Waals surface area contributed by atoms with E-state index in [9.17, 15) is 4.79 Å². The van der Waals surface area contributed by atoms with Gasteiger partial charge in [-0.15, -0.1) is 5.10 Å². The van der Waals surface area contributed by atoms with E-state index in [2.05, 4.69) is 20.1 Å². The van der Waals surface area contributed by atoms with E-state index in [1.807, 2.05) is 0 Å². The van der Waals surface area contributed by atoms with Crippen LogP contribution in [0.25, 0.3) is 0 Å². The summed E-state index contributed by atoms with van der Waals surface area (Å²) in [7, 11) is 0. The standard InChI is InChI=1S/C3H5N5OS/c4-3(9)7-10-2-1-5-8-6-2/h1H,(H3,4,7,9)(H,5,6,8). The van der Waals surface area contributed by atoms with Crippen molar-refractivity contribution in [1.29, 1.82) is 0 Å². The van der Waals surface area contributed by atoms with E-state index in [0.717, 1.165) is 11.9 Å². The molecule has 0 bridgehead atoms. The summed E-state index contributed by atoms with van der Waals surface area (Å²) < 4.78 is 2.28. The van der Waals surface area contributed by atoms with Crippen molar-refractivity contribution in [3.05, 3.63) is 6.20 Å². The fourth-order valence-corrected chi connectivity index (χ4v) is 0.740. The van der Waals surface area contributed by atoms with Crippen LogP contribution in [-0.2, 0) is 0 Å². The molecule has 0 aromatic carbocycles. The van der Waals surface area contributed by atoms with Gasteiger partial charge < -0.3 is 5.73 Å². The first kappa shape index (κ1) is 6.87. The van der Waals surface area contributed by atoms with Gasteiger partial charge in [0.15, 0.2) is 5.03 Å². The summed E-state index contributed by atoms with van der Waals surface area (Å²) in [6, 6.07) is -0.604. The smallest absolute Gasteiger partial charge is 0.322 e. The van der Waals surface area contributed by atoms with Crippen molar-refractivity contribution in [3.8, 4) is 0 Å². The molecule has 0 spiro atoms. The third kappa shape index (κ3) is 1.94. The van der Waals surface area contributed by atoms with Gasteiger partial charge in [-0.1, -0.05) is 0 Å². The summed E-state index contributed by atoms with van der Waals surface area (Å²) in [5, 5.41) is 10.1. The number of primary amides is 1. The molecule has 0 saturated heterocycles. The molecular formula is C3H5N5OS. The number of nitrogens with one attached hydrogen (secondary N) is 2. The summed E-state index contributed by atoms with van der Waals surface area (Å²) in [5.41, 5.74) is 4.78. The Balaban J connectivity index is 2.35. The third-order valence-corrected chi connectivity index (χ3v) is 1.36. The second kappa shape index (κ2) is 3.06. The first-order chi connectivity index (χ1) is 4.79. The van der Waals surface area contributed by atoms with Crippen LogP contribution in [0.2, 0.25) is 0 Å². The van der Waals surface area contributed by atoms with Gasteiger partial charge in [-0.25, -0.2) is 4.79 Å². The van der Waals surface area contributed by atoms with Crippen LogP contribution in [-0.4, -0.2) is 21.4 Å². The molecule has 1 aromatic rings. The third-order valence-electron chi connectivity index (χ3n) is 0.649. The van der Waals surface area contributed by atoms with E-state index in [1.165, 1.54) is 6.20 Å². The van der Waals surface area contributed by atoms with Crippen molar-refractivity contribution >= 4 is 18.0 Å². The Hall–Kier alpha value is -1.24. The molecule has 0 saturated carbocycles. The molecule has 0 aliphatic carbocycles. The number of amides is 2. The van der Waals surface area contributed by atoms with Gasteiger partial charge in [0, 0.05) is 11.9 Å². The molecule has 0 aliphatic rings. The molecule has 54 valence electrons. The number of aromatic nitrogens is 3. The molecule has 6 nitrogen and oxygen atoms in total. The fourth-order valence-electron chi connectivity index (χ4n) is 0.343. The Morgan fingerprint density at radius 2 is 2.70 bits per heavy atom. The monoisotopic (exact) mass is 159 g/mol. The van der Waals surface area contributed by atoms with E-state index in [1.54, 1.807) is 0 Å². The zero-order valence-electron chi connectivity index (χ0n) is 4.87. The van der Waals surface area contributed by atoms with Crippen LogP contribution >= 0.6 is 11.9 Å². The van der Waals surface area contributed by atoms with Crippen LogP contribution in [0.1, 0.15) is 0 Å². The first-order valence-electron chi connectivity index (χ1n) is 2.37. The van der Waals surface area contributed by atoms with E-state index in [0.29, 0.717) is 5.03 Å². The Bertz CT molecular complexity index is 209. The zero-order valence-corrected chi connectivity index (χ0v) is 5.68. The molecule has 0 unspecified atom stereocenters. The average Bonchev–Trinajstić information content (AvgIpc) is 2.34. The van der Waals surface area contributed by atoms with Crippen molar-refractivity contribution in [2.45, 2.75) is 5.03 Å². The Kier molecular flexibility index (Phi) is 2.11. The van der Waals surface area contributed by atoms with Crippen molar-refractivity contribution < 1.29 is 4.79 Å². The van der Waals surface area contributed by atoms with Crippen molar-refractivity contribution in [2.24, 2.45) is 5.73 Å². The second-order valence-corrected chi connectivity index (χ2v) is 2.20. The summed E-state index contributed by atoms with van der Waals surface area (Å²) >= 11 is 1.01. The number of rotatable bonds is 2. The van der Waals surface area contributed by atoms with Crippen LogP contribution < -0.4 is 10.5 Å². The number of nitrogens with two attached hydrogens (primary N) is 1. The second-order valence-electron chi connectivity index (χ2n) is 1.38. The van der Waals surface area contributed by atoms with E-state index in [4.69, 9.17) is 5.73 Å². The highest BCUT2D eigenvalue weighted by atomic mass is 32.2. The SMILES string of the molecule is NC(=O)NSc1cn[nH]n1. The van der Waals surface area contributed by atoms with Gasteiger partial charge in [-0.2, -0.15) is 10.3 Å². The van der Waals surface area contributed by atoms with Gasteiger partial charge in [0.1, 0.15) is 0 Å². The molecular weight excluding hydrogens is 154 g/mol. The number of hydrogen-bond acceptors (Lipinski definition) is 4. The Morgan fingerprint density at radius 1 is 1.90 bits per heavy atom. The molecule has 7 heteroatoms. The quantitative estimate of drug-likeness (QED) is 0.506. The van der Waals surface area contributed by atoms with Crippen LogP contribution in [0.3, 0.4) is 0 Å². The highest BCUT2D eigenvalue weighted by Gasteiger charge is 1.96. The minimum absolute atomic E-state index is 0.568. The van der Waals surface area contributed by atoms with E-state index in [-0.39, 0.29) is 0 Å². The molecule has 10 heavy (non-hydrogen) atoms. The lowest BCUT2D eigenvalue weighted by Crippen LogP contribution is -2.22. The highest BCUT2D eigenvalue weighted by Crippen LogP contribution is 2.05. The molecule has 4 N–H and O–H groups in total. The fraction of sp³-hybridized carbons (Fsp3) is 0. The van der Waals surface area contributed by atoms with Gasteiger partial charge in [0.2, 0.25) is 0 Å². The van der Waals surface area contributed by atoms with Gasteiger partial charge in [0.25, 0.3) is 0 Å². The predicted molar refractivity (Wildman–Crippen MR) is 35.0 cm³/mol. The molecule has 0 atom stereocenters. The Morgan fingerprint density at radius 3 is 3.20 bits per heavy atom. The van der Waals surface area contributed by atoms with Gasteiger partial charge in [-0.05, 0) is 0 Å². The zero-order chi connectivity index (χ0) is 7.40. The molecule has 2 amide bonds. The van der Waals surface area contributed by atoms with Crippen molar-refractivity contribution in [2.75, 3.05) is 0 Å². The number of hydrogen-bond donors (Lipinski definition) is 3. The van der Waals surface area contributed by atoms with E-state index >= 15 is 0 Å². The lowest BCUT2D eigenvalue weighted by Gasteiger charge is -1.92. The number of urea groups is 1. The highest BCUT2D eigenvalue weighted by molar-refractivity contribution is 7.97. The van der Waals surface area contributed by atoms with Crippen LogP contribution in [0, 0.1) is 0 Å². The molecule has 0 radical (unpaired) electrons. The molecule has 1 rings (SSSR count). The topological polar surface area (TPSA) is 96.7 Å². The summed E-state index contributed by atoms with van der Waals surface area (Å²) in [4.78, 5) is 10.1. The maximum atomic E-state index is 10.1. The minimum atomic E-state index is -0.604. The molecule has 0 aliphatic heterocycles. The number of aromatic amines is 1. The summed E-state index contributed by atoms with van der Waals surface area (Å²) in [6.07, 6.45) is 1.47. The van der Waals surface area contributed by atoms with Gasteiger partial charge in [0.05, 0.1) is 6.20 Å². The molecule has 0 fully saturated rings. The lowest BCUT2D eigenvalue weighted by molar-refractivity contribution is 0.254. The maximum Gasteiger partial charge on any atom is 0.322 e. The van der Waals surface area contributed by atoms with Crippen LogP contribution in [0.5, 0.6) is 0 Å². The number of carbonyl (C=O) groups excluding carboxylic acids is 1. The van der Waals surface area contributed by atoms with Crippen LogP contribution in [0.4, 0.5) is 4.79 Å². The average molecular weight is 159 g/mol. The lowest BCUT2D eigenvalue weighted by atomic mass is 11.0. The van der Waals surface area contributed by atoms with Crippen molar-refractivity contribution in [3.63, 3.8) is 0 Å². The van der Waals surface area contributed by atoms with Gasteiger partial charge in [-0.3, -0.25) is 4.72 Å². The number of carbonyl (C=O) groups is 1. The van der Waals surface area contributed by atoms with Gasteiger partial charge >= 0.3 is 6.03 Å². The molecule has 1 aromatic heterocycles.